The van der Waals surface area contributed by atoms with Gasteiger partial charge in [-0.2, -0.15) is 0 Å². The molecule has 0 saturated carbocycles. The molecule has 5 nitrogen and oxygen atoms in total. The summed E-state index contributed by atoms with van der Waals surface area (Å²) in [6, 6.07) is 10.9. The summed E-state index contributed by atoms with van der Waals surface area (Å²) in [5.41, 5.74) is 1.20. The lowest BCUT2D eigenvalue weighted by molar-refractivity contribution is -0.136. The van der Waals surface area contributed by atoms with E-state index < -0.39 is 0 Å². The number of amides is 1. The standard InChI is InChI=1S/C19H26N4OS2/c1-13-8-7-9-14(2)23(13)17(24)15(3)25-19-22-21-18(26-19)20-12-16-10-5-4-6-11-16/h4-6,10-11,13-15H,7-9,12H2,1-3H3,(H,20,21)/t13-,14-,15-/m1/s1. The third kappa shape index (κ3) is 4.76. The quantitative estimate of drug-likeness (QED) is 0.740. The molecule has 0 unspecified atom stereocenters. The molecule has 1 aromatic heterocycles. The number of nitrogens with one attached hydrogen (secondary N) is 1. The maximum Gasteiger partial charge on any atom is 0.236 e. The van der Waals surface area contributed by atoms with Gasteiger partial charge in [-0.05, 0) is 45.6 Å². The van der Waals surface area contributed by atoms with Crippen molar-refractivity contribution in [3.8, 4) is 0 Å². The number of rotatable bonds is 6. The van der Waals surface area contributed by atoms with E-state index in [9.17, 15) is 4.79 Å². The van der Waals surface area contributed by atoms with Crippen LogP contribution in [-0.2, 0) is 11.3 Å². The van der Waals surface area contributed by atoms with Crippen LogP contribution in [-0.4, -0.2) is 38.3 Å². The number of piperidine rings is 1. The number of likely N-dealkylation sites (tertiary alicyclic amines) is 1. The average Bonchev–Trinajstić information content (AvgIpc) is 3.08. The van der Waals surface area contributed by atoms with Gasteiger partial charge in [0.1, 0.15) is 0 Å². The van der Waals surface area contributed by atoms with Crippen LogP contribution in [0, 0.1) is 0 Å². The van der Waals surface area contributed by atoms with Crippen LogP contribution in [0.25, 0.3) is 0 Å². The van der Waals surface area contributed by atoms with Crippen LogP contribution < -0.4 is 5.32 Å². The second-order valence-corrected chi connectivity index (χ2v) is 9.41. The number of benzene rings is 1. The summed E-state index contributed by atoms with van der Waals surface area (Å²) in [7, 11) is 0. The molecule has 1 aliphatic heterocycles. The van der Waals surface area contributed by atoms with Crippen LogP contribution in [0.1, 0.15) is 45.6 Å². The van der Waals surface area contributed by atoms with E-state index in [1.165, 1.54) is 35.1 Å². The molecule has 26 heavy (non-hydrogen) atoms. The van der Waals surface area contributed by atoms with Crippen molar-refractivity contribution in [3.05, 3.63) is 35.9 Å². The van der Waals surface area contributed by atoms with Gasteiger partial charge in [-0.3, -0.25) is 4.79 Å². The van der Waals surface area contributed by atoms with E-state index in [1.54, 1.807) is 0 Å². The van der Waals surface area contributed by atoms with Crippen molar-refractivity contribution >= 4 is 34.1 Å². The first-order valence-electron chi connectivity index (χ1n) is 9.14. The minimum Gasteiger partial charge on any atom is -0.356 e. The lowest BCUT2D eigenvalue weighted by Gasteiger charge is -2.40. The fraction of sp³-hybridized carbons (Fsp3) is 0.526. The molecule has 1 fully saturated rings. The van der Waals surface area contributed by atoms with Gasteiger partial charge in [0.2, 0.25) is 11.0 Å². The third-order valence-corrected chi connectivity index (χ3v) is 6.82. The fourth-order valence-corrected chi connectivity index (χ4v) is 5.32. The van der Waals surface area contributed by atoms with Gasteiger partial charge in [-0.1, -0.05) is 53.4 Å². The number of hydrogen-bond acceptors (Lipinski definition) is 6. The Hall–Kier alpha value is -1.60. The van der Waals surface area contributed by atoms with Gasteiger partial charge in [-0.25, -0.2) is 0 Å². The monoisotopic (exact) mass is 390 g/mol. The summed E-state index contributed by atoms with van der Waals surface area (Å²) in [6.45, 7) is 7.00. The van der Waals surface area contributed by atoms with Gasteiger partial charge in [0, 0.05) is 18.6 Å². The highest BCUT2D eigenvalue weighted by Gasteiger charge is 2.32. The van der Waals surface area contributed by atoms with Gasteiger partial charge >= 0.3 is 0 Å². The van der Waals surface area contributed by atoms with Crippen molar-refractivity contribution in [2.45, 2.75) is 68.3 Å². The molecule has 1 N–H and O–H groups in total. The van der Waals surface area contributed by atoms with Crippen molar-refractivity contribution in [1.82, 2.24) is 15.1 Å². The molecule has 1 aromatic carbocycles. The predicted molar refractivity (Wildman–Crippen MR) is 109 cm³/mol. The Morgan fingerprint density at radius 2 is 1.96 bits per heavy atom. The molecule has 3 rings (SSSR count). The largest absolute Gasteiger partial charge is 0.356 e. The van der Waals surface area contributed by atoms with Crippen molar-refractivity contribution in [2.24, 2.45) is 0 Å². The molecule has 0 bridgehead atoms. The number of nitrogens with zero attached hydrogens (tertiary/aromatic N) is 3. The second kappa shape index (κ2) is 8.86. The van der Waals surface area contributed by atoms with E-state index in [0.29, 0.717) is 12.1 Å². The van der Waals surface area contributed by atoms with Crippen molar-refractivity contribution in [3.63, 3.8) is 0 Å². The summed E-state index contributed by atoms with van der Waals surface area (Å²) >= 11 is 3.01. The van der Waals surface area contributed by atoms with Crippen molar-refractivity contribution in [1.29, 1.82) is 0 Å². The van der Waals surface area contributed by atoms with Crippen LogP contribution >= 0.6 is 23.1 Å². The van der Waals surface area contributed by atoms with E-state index in [4.69, 9.17) is 0 Å². The van der Waals surface area contributed by atoms with Crippen molar-refractivity contribution in [2.75, 3.05) is 5.32 Å². The molecular formula is C19H26N4OS2. The third-order valence-electron chi connectivity index (χ3n) is 4.77. The number of anilines is 1. The summed E-state index contributed by atoms with van der Waals surface area (Å²) in [4.78, 5) is 15.0. The normalized spacial score (nSPS) is 21.4. The van der Waals surface area contributed by atoms with E-state index in [1.807, 2.05) is 25.1 Å². The van der Waals surface area contributed by atoms with Gasteiger partial charge in [0.15, 0.2) is 4.34 Å². The maximum atomic E-state index is 12.9. The zero-order valence-corrected chi connectivity index (χ0v) is 17.1. The fourth-order valence-electron chi connectivity index (χ4n) is 3.37. The molecule has 2 aromatic rings. The predicted octanol–water partition coefficient (Wildman–Crippen LogP) is 4.42. The van der Waals surface area contributed by atoms with Gasteiger partial charge < -0.3 is 10.2 Å². The van der Waals surface area contributed by atoms with Gasteiger partial charge in [-0.15, -0.1) is 10.2 Å². The van der Waals surface area contributed by atoms with Crippen LogP contribution in [0.15, 0.2) is 34.7 Å². The van der Waals surface area contributed by atoms with E-state index in [0.717, 1.165) is 28.9 Å². The second-order valence-electron chi connectivity index (χ2n) is 6.85. The number of aromatic nitrogens is 2. The summed E-state index contributed by atoms with van der Waals surface area (Å²) in [6.07, 6.45) is 3.40. The Morgan fingerprint density at radius 3 is 2.65 bits per heavy atom. The Kier molecular flexibility index (Phi) is 6.53. The molecule has 1 amide bonds. The molecule has 2 heterocycles. The first-order chi connectivity index (χ1) is 12.5. The number of hydrogen-bond donors (Lipinski definition) is 1. The molecule has 3 atom stereocenters. The minimum atomic E-state index is -0.145. The SMILES string of the molecule is C[C@@H]1CCC[C@@H](C)N1C(=O)[C@@H](C)Sc1nnc(NCc2ccccc2)s1. The molecule has 0 aliphatic carbocycles. The van der Waals surface area contributed by atoms with Crippen LogP contribution in [0.5, 0.6) is 0 Å². The number of carbonyl (C=O) groups excluding carboxylic acids is 1. The Bertz CT molecular complexity index is 711. The first-order valence-corrected chi connectivity index (χ1v) is 10.8. The molecular weight excluding hydrogens is 364 g/mol. The van der Waals surface area contributed by atoms with Gasteiger partial charge in [0.05, 0.1) is 5.25 Å². The summed E-state index contributed by atoms with van der Waals surface area (Å²) in [5.74, 6) is 0.212. The lowest BCUT2D eigenvalue weighted by Crippen LogP contribution is -2.50. The molecule has 140 valence electrons. The van der Waals surface area contributed by atoms with E-state index in [2.05, 4.69) is 46.4 Å². The Labute approximate surface area is 163 Å². The Balaban J connectivity index is 1.55. The van der Waals surface area contributed by atoms with Crippen LogP contribution in [0.2, 0.25) is 0 Å². The minimum absolute atomic E-state index is 0.145. The topological polar surface area (TPSA) is 58.1 Å². The van der Waals surface area contributed by atoms with Crippen molar-refractivity contribution < 1.29 is 4.79 Å². The van der Waals surface area contributed by atoms with E-state index in [-0.39, 0.29) is 11.2 Å². The average molecular weight is 391 g/mol. The number of thioether (sulfide) groups is 1. The first kappa shape index (κ1) is 19.2. The van der Waals surface area contributed by atoms with E-state index >= 15 is 0 Å². The van der Waals surface area contributed by atoms with Crippen LogP contribution in [0.4, 0.5) is 5.13 Å². The molecule has 0 spiro atoms. The highest BCUT2D eigenvalue weighted by atomic mass is 32.2. The molecule has 1 saturated heterocycles. The molecule has 1 aliphatic rings. The maximum absolute atomic E-state index is 12.9. The Morgan fingerprint density at radius 1 is 1.27 bits per heavy atom. The molecule has 0 radical (unpaired) electrons. The highest BCUT2D eigenvalue weighted by molar-refractivity contribution is 8.02. The zero-order valence-electron chi connectivity index (χ0n) is 15.5. The smallest absolute Gasteiger partial charge is 0.236 e. The lowest BCUT2D eigenvalue weighted by atomic mass is 9.97. The number of carbonyl (C=O) groups is 1. The molecule has 7 heteroatoms. The van der Waals surface area contributed by atoms with Crippen LogP contribution in [0.3, 0.4) is 0 Å². The highest BCUT2D eigenvalue weighted by Crippen LogP contribution is 2.32. The summed E-state index contributed by atoms with van der Waals surface area (Å²) < 4.78 is 0.832. The summed E-state index contributed by atoms with van der Waals surface area (Å²) in [5, 5.41) is 12.4. The van der Waals surface area contributed by atoms with Gasteiger partial charge in [0.25, 0.3) is 0 Å². The zero-order chi connectivity index (χ0) is 18.5.